The molecule has 1 N–H and O–H groups in total. The second kappa shape index (κ2) is 8.16. The summed E-state index contributed by atoms with van der Waals surface area (Å²) >= 11 is 2.24. The Morgan fingerprint density at radius 2 is 1.92 bits per heavy atom. The first-order chi connectivity index (χ1) is 12.4. The number of rotatable bonds is 3. The number of piperidine rings is 1. The Hall–Kier alpha value is -1.96. The lowest BCUT2D eigenvalue weighted by Crippen LogP contribution is -2.43. The summed E-state index contributed by atoms with van der Waals surface area (Å²) in [6, 6.07) is 11.3. The highest BCUT2D eigenvalue weighted by atomic mass is 127. The topological polar surface area (TPSA) is 49.4 Å². The number of carbonyl (C=O) groups is 2. The van der Waals surface area contributed by atoms with Gasteiger partial charge in [0.25, 0.3) is 5.91 Å². The van der Waals surface area contributed by atoms with E-state index in [1.807, 2.05) is 25.1 Å². The van der Waals surface area contributed by atoms with Crippen LogP contribution in [0.3, 0.4) is 0 Å². The Kier molecular flexibility index (Phi) is 5.90. The molecule has 136 valence electrons. The van der Waals surface area contributed by atoms with Gasteiger partial charge in [0.15, 0.2) is 0 Å². The number of aryl methyl sites for hydroxylation is 1. The summed E-state index contributed by atoms with van der Waals surface area (Å²) < 4.78 is 14.1. The van der Waals surface area contributed by atoms with E-state index in [9.17, 15) is 14.0 Å². The summed E-state index contributed by atoms with van der Waals surface area (Å²) in [7, 11) is 0. The van der Waals surface area contributed by atoms with Crippen molar-refractivity contribution in [1.29, 1.82) is 0 Å². The molecule has 3 rings (SSSR count). The van der Waals surface area contributed by atoms with Crippen LogP contribution in [0.1, 0.15) is 28.8 Å². The van der Waals surface area contributed by atoms with Crippen molar-refractivity contribution in [3.05, 3.63) is 63.0 Å². The number of hydrogen-bond donors (Lipinski definition) is 1. The molecular formula is C20H20FIN2O2. The smallest absolute Gasteiger partial charge is 0.253 e. The van der Waals surface area contributed by atoms with E-state index in [0.29, 0.717) is 18.7 Å². The summed E-state index contributed by atoms with van der Waals surface area (Å²) in [5.74, 6) is -0.842. The molecule has 0 spiro atoms. The largest absolute Gasteiger partial charge is 0.338 e. The monoisotopic (exact) mass is 466 g/mol. The van der Waals surface area contributed by atoms with Crippen LogP contribution in [0.5, 0.6) is 0 Å². The first kappa shape index (κ1) is 18.8. The van der Waals surface area contributed by atoms with Gasteiger partial charge >= 0.3 is 0 Å². The molecular weight excluding hydrogens is 446 g/mol. The average Bonchev–Trinajstić information content (AvgIpc) is 2.65. The van der Waals surface area contributed by atoms with Crippen LogP contribution in [0.25, 0.3) is 0 Å². The number of likely N-dealkylation sites (tertiary alicyclic amines) is 1. The normalized spacial score (nSPS) is 17.0. The highest BCUT2D eigenvalue weighted by molar-refractivity contribution is 14.1. The first-order valence-electron chi connectivity index (χ1n) is 8.56. The minimum absolute atomic E-state index is 0.0683. The van der Waals surface area contributed by atoms with E-state index in [2.05, 4.69) is 27.9 Å². The van der Waals surface area contributed by atoms with Gasteiger partial charge in [-0.25, -0.2) is 4.39 Å². The molecule has 0 radical (unpaired) electrons. The lowest BCUT2D eigenvalue weighted by molar-refractivity contribution is -0.121. The number of halogens is 2. The zero-order valence-corrected chi connectivity index (χ0v) is 16.6. The second-order valence-electron chi connectivity index (χ2n) is 6.55. The van der Waals surface area contributed by atoms with Crippen molar-refractivity contribution in [1.82, 2.24) is 4.90 Å². The zero-order valence-electron chi connectivity index (χ0n) is 14.5. The quantitative estimate of drug-likeness (QED) is 0.689. The fourth-order valence-corrected chi connectivity index (χ4v) is 3.58. The van der Waals surface area contributed by atoms with Gasteiger partial charge in [-0.15, -0.1) is 0 Å². The molecule has 2 amide bonds. The van der Waals surface area contributed by atoms with Gasteiger partial charge in [0.1, 0.15) is 5.82 Å². The summed E-state index contributed by atoms with van der Waals surface area (Å²) in [6.45, 7) is 3.01. The molecule has 2 aromatic rings. The van der Waals surface area contributed by atoms with E-state index in [0.717, 1.165) is 27.7 Å². The molecule has 1 aliphatic rings. The van der Waals surface area contributed by atoms with E-state index in [-0.39, 0.29) is 23.5 Å². The maximum Gasteiger partial charge on any atom is 0.253 e. The Bertz CT molecular complexity index is 823. The van der Waals surface area contributed by atoms with E-state index >= 15 is 0 Å². The van der Waals surface area contributed by atoms with Crippen molar-refractivity contribution < 1.29 is 14.0 Å². The lowest BCUT2D eigenvalue weighted by atomic mass is 9.96. The highest BCUT2D eigenvalue weighted by Gasteiger charge is 2.29. The van der Waals surface area contributed by atoms with Gasteiger partial charge in [-0.3, -0.25) is 9.59 Å². The van der Waals surface area contributed by atoms with Gasteiger partial charge in [-0.2, -0.15) is 0 Å². The van der Waals surface area contributed by atoms with Crippen LogP contribution < -0.4 is 5.32 Å². The van der Waals surface area contributed by atoms with Crippen LogP contribution in [-0.2, 0) is 4.79 Å². The highest BCUT2D eigenvalue weighted by Crippen LogP contribution is 2.22. The number of benzene rings is 2. The predicted octanol–water partition coefficient (Wildman–Crippen LogP) is 4.23. The number of hydrogen-bond acceptors (Lipinski definition) is 2. The maximum atomic E-state index is 13.0. The van der Waals surface area contributed by atoms with E-state index in [4.69, 9.17) is 0 Å². The number of anilines is 1. The molecule has 1 fully saturated rings. The second-order valence-corrected chi connectivity index (χ2v) is 7.71. The number of amides is 2. The van der Waals surface area contributed by atoms with Crippen molar-refractivity contribution in [2.24, 2.45) is 5.92 Å². The maximum absolute atomic E-state index is 13.0. The molecule has 0 aliphatic carbocycles. The Labute approximate surface area is 165 Å². The van der Waals surface area contributed by atoms with Crippen molar-refractivity contribution in [2.45, 2.75) is 19.8 Å². The summed E-state index contributed by atoms with van der Waals surface area (Å²) in [5.41, 5.74) is 2.38. The number of carbonyl (C=O) groups excluding carboxylic acids is 2. The van der Waals surface area contributed by atoms with Crippen molar-refractivity contribution in [2.75, 3.05) is 18.4 Å². The van der Waals surface area contributed by atoms with Crippen LogP contribution in [-0.4, -0.2) is 29.8 Å². The van der Waals surface area contributed by atoms with Gasteiger partial charge in [0.2, 0.25) is 5.91 Å². The third kappa shape index (κ3) is 4.41. The van der Waals surface area contributed by atoms with E-state index in [1.54, 1.807) is 4.90 Å². The fourth-order valence-electron chi connectivity index (χ4n) is 3.07. The van der Waals surface area contributed by atoms with Crippen molar-refractivity contribution in [3.8, 4) is 0 Å². The summed E-state index contributed by atoms with van der Waals surface area (Å²) in [6.07, 6.45) is 1.53. The third-order valence-electron chi connectivity index (χ3n) is 4.61. The van der Waals surface area contributed by atoms with Crippen LogP contribution in [0.4, 0.5) is 10.1 Å². The van der Waals surface area contributed by atoms with E-state index in [1.165, 1.54) is 24.3 Å². The molecule has 1 saturated heterocycles. The Morgan fingerprint density at radius 1 is 1.19 bits per heavy atom. The molecule has 1 heterocycles. The van der Waals surface area contributed by atoms with Gasteiger partial charge in [0.05, 0.1) is 5.92 Å². The SMILES string of the molecule is Cc1ccc(NC(=O)[C@H]2CCCN(C(=O)c3ccc(F)cc3)C2)cc1I. The van der Waals surface area contributed by atoms with Crippen molar-refractivity contribution >= 4 is 40.1 Å². The molecule has 0 unspecified atom stereocenters. The molecule has 0 aromatic heterocycles. The molecule has 0 bridgehead atoms. The molecule has 26 heavy (non-hydrogen) atoms. The summed E-state index contributed by atoms with van der Waals surface area (Å²) in [5, 5.41) is 2.96. The van der Waals surface area contributed by atoms with Crippen LogP contribution >= 0.6 is 22.6 Å². The van der Waals surface area contributed by atoms with Crippen LogP contribution in [0, 0.1) is 22.2 Å². The van der Waals surface area contributed by atoms with Gasteiger partial charge in [-0.05, 0) is 84.3 Å². The van der Waals surface area contributed by atoms with E-state index < -0.39 is 0 Å². The molecule has 2 aromatic carbocycles. The molecule has 1 aliphatic heterocycles. The minimum atomic E-state index is -0.370. The summed E-state index contributed by atoms with van der Waals surface area (Å²) in [4.78, 5) is 26.9. The molecule has 1 atom stereocenters. The molecule has 4 nitrogen and oxygen atoms in total. The lowest BCUT2D eigenvalue weighted by Gasteiger charge is -2.32. The fraction of sp³-hybridized carbons (Fsp3) is 0.300. The third-order valence-corrected chi connectivity index (χ3v) is 5.77. The zero-order chi connectivity index (χ0) is 18.7. The van der Waals surface area contributed by atoms with Gasteiger partial charge < -0.3 is 10.2 Å². The van der Waals surface area contributed by atoms with Gasteiger partial charge in [0, 0.05) is 27.9 Å². The predicted molar refractivity (Wildman–Crippen MR) is 108 cm³/mol. The number of nitrogens with one attached hydrogen (secondary N) is 1. The number of nitrogens with zero attached hydrogens (tertiary/aromatic N) is 1. The molecule has 0 saturated carbocycles. The first-order valence-corrected chi connectivity index (χ1v) is 9.64. The van der Waals surface area contributed by atoms with Crippen LogP contribution in [0.2, 0.25) is 0 Å². The van der Waals surface area contributed by atoms with Gasteiger partial charge in [-0.1, -0.05) is 6.07 Å². The standard InChI is InChI=1S/C20H20FIN2O2/c1-13-4-9-17(11-18(13)22)23-19(25)15-3-2-10-24(12-15)20(26)14-5-7-16(21)8-6-14/h4-9,11,15H,2-3,10,12H2,1H3,(H,23,25)/t15-/m0/s1. The Morgan fingerprint density at radius 3 is 2.62 bits per heavy atom. The van der Waals surface area contributed by atoms with Crippen molar-refractivity contribution in [3.63, 3.8) is 0 Å². The van der Waals surface area contributed by atoms with Crippen LogP contribution in [0.15, 0.2) is 42.5 Å². The molecule has 6 heteroatoms. The average molecular weight is 466 g/mol. The minimum Gasteiger partial charge on any atom is -0.338 e. The Balaban J connectivity index is 1.65.